The molecule has 1 N–H and O–H groups in total. The van der Waals surface area contributed by atoms with Crippen LogP contribution in [0.15, 0.2) is 30.6 Å². The van der Waals surface area contributed by atoms with Crippen molar-refractivity contribution in [3.8, 4) is 0 Å². The van der Waals surface area contributed by atoms with Crippen LogP contribution in [0.4, 0.5) is 11.8 Å². The van der Waals surface area contributed by atoms with Gasteiger partial charge in [0.2, 0.25) is 5.95 Å². The molecular formula is C17H23ClN6. The van der Waals surface area contributed by atoms with Gasteiger partial charge < -0.3 is 10.2 Å². The second-order valence-corrected chi connectivity index (χ2v) is 6.73. The number of anilines is 2. The van der Waals surface area contributed by atoms with E-state index in [2.05, 4.69) is 25.2 Å². The van der Waals surface area contributed by atoms with E-state index in [1.165, 1.54) is 5.56 Å². The maximum absolute atomic E-state index is 5.85. The Balaban J connectivity index is 1.59. The summed E-state index contributed by atoms with van der Waals surface area (Å²) in [6, 6.07) is 6.15. The first-order valence-corrected chi connectivity index (χ1v) is 8.57. The van der Waals surface area contributed by atoms with Gasteiger partial charge >= 0.3 is 0 Å². The molecule has 3 heterocycles. The molecule has 2 aromatic heterocycles. The predicted molar refractivity (Wildman–Crippen MR) is 97.5 cm³/mol. The van der Waals surface area contributed by atoms with Crippen molar-refractivity contribution in [1.29, 1.82) is 0 Å². The zero-order valence-corrected chi connectivity index (χ0v) is 14.9. The molecule has 0 amide bonds. The number of rotatable bonds is 5. The third-order valence-electron chi connectivity index (χ3n) is 4.13. The standard InChI is InChI=1S/C17H23ClN6/c1-23(2)16-7-8-19-17(22-16)21-14-4-3-9-24(12-14)11-13-5-6-15(18)20-10-13/h5-8,10,14H,3-4,9,11-12H2,1-2H3,(H,19,21,22). The third kappa shape index (κ3) is 4.55. The molecule has 0 aromatic carbocycles. The SMILES string of the molecule is CN(C)c1ccnc(NC2CCCN(Cc3ccc(Cl)nc3)C2)n1. The summed E-state index contributed by atoms with van der Waals surface area (Å²) in [5.74, 6) is 1.61. The smallest absolute Gasteiger partial charge is 0.224 e. The predicted octanol–water partition coefficient (Wildman–Crippen LogP) is 2.67. The Kier molecular flexibility index (Phi) is 5.48. The molecule has 1 aliphatic rings. The molecule has 128 valence electrons. The van der Waals surface area contributed by atoms with Crippen molar-refractivity contribution < 1.29 is 0 Å². The Labute approximate surface area is 147 Å². The molecule has 0 spiro atoms. The van der Waals surface area contributed by atoms with E-state index in [1.54, 1.807) is 6.20 Å². The van der Waals surface area contributed by atoms with Gasteiger partial charge in [0.25, 0.3) is 0 Å². The van der Waals surface area contributed by atoms with E-state index in [0.29, 0.717) is 17.1 Å². The summed E-state index contributed by atoms with van der Waals surface area (Å²) in [6.07, 6.45) is 5.94. The first-order chi connectivity index (χ1) is 11.6. The van der Waals surface area contributed by atoms with Crippen molar-refractivity contribution in [2.75, 3.05) is 37.4 Å². The van der Waals surface area contributed by atoms with Gasteiger partial charge in [-0.1, -0.05) is 17.7 Å². The third-order valence-corrected chi connectivity index (χ3v) is 4.36. The maximum atomic E-state index is 5.85. The number of halogens is 1. The van der Waals surface area contributed by atoms with Crippen LogP contribution in [-0.2, 0) is 6.54 Å². The fraction of sp³-hybridized carbons (Fsp3) is 0.471. The molecule has 1 saturated heterocycles. The molecule has 0 bridgehead atoms. The Bertz CT molecular complexity index is 660. The van der Waals surface area contributed by atoms with Crippen molar-refractivity contribution in [2.24, 2.45) is 0 Å². The molecule has 1 fully saturated rings. The molecule has 1 atom stereocenters. The van der Waals surface area contributed by atoms with Crippen LogP contribution in [0.1, 0.15) is 18.4 Å². The lowest BCUT2D eigenvalue weighted by atomic mass is 10.1. The van der Waals surface area contributed by atoms with E-state index in [4.69, 9.17) is 11.6 Å². The Morgan fingerprint density at radius 1 is 1.29 bits per heavy atom. The number of pyridine rings is 1. The zero-order valence-electron chi connectivity index (χ0n) is 14.1. The van der Waals surface area contributed by atoms with Crippen LogP contribution in [0.3, 0.4) is 0 Å². The van der Waals surface area contributed by atoms with Gasteiger partial charge in [-0.25, -0.2) is 9.97 Å². The van der Waals surface area contributed by atoms with E-state index in [9.17, 15) is 0 Å². The van der Waals surface area contributed by atoms with Crippen LogP contribution in [0, 0.1) is 0 Å². The number of hydrogen-bond acceptors (Lipinski definition) is 6. The minimum Gasteiger partial charge on any atom is -0.363 e. The second kappa shape index (κ2) is 7.77. The molecule has 1 aliphatic heterocycles. The van der Waals surface area contributed by atoms with Crippen LogP contribution >= 0.6 is 11.6 Å². The summed E-state index contributed by atoms with van der Waals surface area (Å²) in [5.41, 5.74) is 1.19. The van der Waals surface area contributed by atoms with Gasteiger partial charge in [0.15, 0.2) is 0 Å². The lowest BCUT2D eigenvalue weighted by molar-refractivity contribution is 0.208. The van der Waals surface area contributed by atoms with Crippen molar-refractivity contribution >= 4 is 23.4 Å². The van der Waals surface area contributed by atoms with Crippen LogP contribution in [0.25, 0.3) is 0 Å². The van der Waals surface area contributed by atoms with E-state index in [1.807, 2.05) is 43.4 Å². The summed E-state index contributed by atoms with van der Waals surface area (Å²) in [4.78, 5) is 17.5. The second-order valence-electron chi connectivity index (χ2n) is 6.34. The van der Waals surface area contributed by atoms with Gasteiger partial charge in [0.1, 0.15) is 11.0 Å². The summed E-state index contributed by atoms with van der Waals surface area (Å²) in [7, 11) is 3.96. The molecule has 2 aromatic rings. The highest BCUT2D eigenvalue weighted by Gasteiger charge is 2.20. The molecule has 0 aliphatic carbocycles. The highest BCUT2D eigenvalue weighted by atomic mass is 35.5. The summed E-state index contributed by atoms with van der Waals surface area (Å²) >= 11 is 5.85. The fourth-order valence-electron chi connectivity index (χ4n) is 2.93. The Hall–Kier alpha value is -1.92. The summed E-state index contributed by atoms with van der Waals surface area (Å²) in [6.45, 7) is 2.96. The van der Waals surface area contributed by atoms with Crippen LogP contribution in [-0.4, -0.2) is 53.1 Å². The minimum atomic E-state index is 0.358. The number of aromatic nitrogens is 3. The first kappa shape index (κ1) is 16.9. The monoisotopic (exact) mass is 346 g/mol. The Morgan fingerprint density at radius 3 is 2.92 bits per heavy atom. The molecule has 0 radical (unpaired) electrons. The van der Waals surface area contributed by atoms with Gasteiger partial charge in [0, 0.05) is 45.6 Å². The van der Waals surface area contributed by atoms with Gasteiger partial charge in [-0.3, -0.25) is 4.90 Å². The number of hydrogen-bond donors (Lipinski definition) is 1. The maximum Gasteiger partial charge on any atom is 0.224 e. The molecule has 3 rings (SSSR count). The van der Waals surface area contributed by atoms with Crippen molar-refractivity contribution in [3.63, 3.8) is 0 Å². The first-order valence-electron chi connectivity index (χ1n) is 8.20. The summed E-state index contributed by atoms with van der Waals surface area (Å²) in [5, 5.41) is 4.01. The van der Waals surface area contributed by atoms with Crippen molar-refractivity contribution in [2.45, 2.75) is 25.4 Å². The highest BCUT2D eigenvalue weighted by Crippen LogP contribution is 2.17. The van der Waals surface area contributed by atoms with E-state index >= 15 is 0 Å². The average Bonchev–Trinajstić information content (AvgIpc) is 2.57. The number of nitrogens with one attached hydrogen (secondary N) is 1. The fourth-order valence-corrected chi connectivity index (χ4v) is 3.04. The van der Waals surface area contributed by atoms with E-state index < -0.39 is 0 Å². The largest absolute Gasteiger partial charge is 0.363 e. The quantitative estimate of drug-likeness (QED) is 0.840. The Morgan fingerprint density at radius 2 is 2.17 bits per heavy atom. The zero-order chi connectivity index (χ0) is 16.9. The lowest BCUT2D eigenvalue weighted by Gasteiger charge is -2.33. The molecule has 6 nitrogen and oxygen atoms in total. The topological polar surface area (TPSA) is 57.2 Å². The average molecular weight is 347 g/mol. The molecular weight excluding hydrogens is 324 g/mol. The van der Waals surface area contributed by atoms with E-state index in [-0.39, 0.29) is 0 Å². The van der Waals surface area contributed by atoms with Crippen LogP contribution in [0.5, 0.6) is 0 Å². The number of likely N-dealkylation sites (tertiary alicyclic amines) is 1. The van der Waals surface area contributed by atoms with Crippen LogP contribution in [0.2, 0.25) is 5.15 Å². The van der Waals surface area contributed by atoms with E-state index in [0.717, 1.165) is 38.3 Å². The molecule has 7 heteroatoms. The van der Waals surface area contributed by atoms with Gasteiger partial charge in [0.05, 0.1) is 0 Å². The lowest BCUT2D eigenvalue weighted by Crippen LogP contribution is -2.41. The van der Waals surface area contributed by atoms with Gasteiger partial charge in [-0.15, -0.1) is 0 Å². The van der Waals surface area contributed by atoms with Gasteiger partial charge in [-0.05, 0) is 37.1 Å². The normalized spacial score (nSPS) is 18.4. The van der Waals surface area contributed by atoms with Crippen molar-refractivity contribution in [1.82, 2.24) is 19.9 Å². The molecule has 24 heavy (non-hydrogen) atoms. The van der Waals surface area contributed by atoms with Crippen LogP contribution < -0.4 is 10.2 Å². The van der Waals surface area contributed by atoms with Gasteiger partial charge in [-0.2, -0.15) is 4.98 Å². The molecule has 1 unspecified atom stereocenters. The highest BCUT2D eigenvalue weighted by molar-refractivity contribution is 6.29. The number of piperidine rings is 1. The van der Waals surface area contributed by atoms with Crippen molar-refractivity contribution in [3.05, 3.63) is 41.3 Å². The number of nitrogens with zero attached hydrogens (tertiary/aromatic N) is 5. The minimum absolute atomic E-state index is 0.358. The molecule has 0 saturated carbocycles. The summed E-state index contributed by atoms with van der Waals surface area (Å²) < 4.78 is 0.